The third-order valence-electron chi connectivity index (χ3n) is 3.20. The van der Waals surface area contributed by atoms with E-state index in [9.17, 15) is 4.39 Å². The van der Waals surface area contributed by atoms with Gasteiger partial charge in [-0.15, -0.1) is 0 Å². The van der Waals surface area contributed by atoms with Gasteiger partial charge in [-0.25, -0.2) is 9.37 Å². The number of fused-ring (bicyclic) bond motifs is 1. The minimum atomic E-state index is -0.400. The zero-order valence-corrected chi connectivity index (χ0v) is 11.6. The van der Waals surface area contributed by atoms with Gasteiger partial charge in [-0.1, -0.05) is 30.3 Å². The molecule has 106 valence electrons. The zero-order chi connectivity index (χ0) is 14.7. The Balaban J connectivity index is 2.05. The summed E-state index contributed by atoms with van der Waals surface area (Å²) in [5.41, 5.74) is 1.89. The van der Waals surface area contributed by atoms with E-state index in [1.807, 2.05) is 37.4 Å². The Bertz CT molecular complexity index is 774. The maximum absolute atomic E-state index is 13.7. The smallest absolute Gasteiger partial charge is 0.220 e. The number of aromatic nitrogens is 1. The molecule has 3 rings (SSSR count). The first-order chi connectivity index (χ1) is 10.3. The predicted molar refractivity (Wildman–Crippen MR) is 81.0 cm³/mol. The highest BCUT2D eigenvalue weighted by molar-refractivity contribution is 5.82. The number of halogens is 1. The number of nitrogens with one attached hydrogen (secondary N) is 1. The molecule has 2 aromatic carbocycles. The van der Waals surface area contributed by atoms with E-state index in [0.29, 0.717) is 12.4 Å². The van der Waals surface area contributed by atoms with E-state index < -0.39 is 5.82 Å². The topological polar surface area (TPSA) is 34.1 Å². The fourth-order valence-corrected chi connectivity index (χ4v) is 2.25. The van der Waals surface area contributed by atoms with Crippen LogP contribution in [-0.4, -0.2) is 12.0 Å². The first kappa shape index (κ1) is 13.5. The lowest BCUT2D eigenvalue weighted by Crippen LogP contribution is -2.06. The molecule has 3 nitrogen and oxygen atoms in total. The van der Waals surface area contributed by atoms with Crippen molar-refractivity contribution in [3.05, 3.63) is 66.0 Å². The summed E-state index contributed by atoms with van der Waals surface area (Å²) < 4.78 is 19.3. The Morgan fingerprint density at radius 1 is 1.10 bits per heavy atom. The molecule has 0 bridgehead atoms. The van der Waals surface area contributed by atoms with Crippen molar-refractivity contribution >= 4 is 10.9 Å². The van der Waals surface area contributed by atoms with Crippen LogP contribution < -0.4 is 10.1 Å². The van der Waals surface area contributed by atoms with Gasteiger partial charge in [0, 0.05) is 18.0 Å². The highest BCUT2D eigenvalue weighted by Gasteiger charge is 2.09. The van der Waals surface area contributed by atoms with Crippen LogP contribution in [0.3, 0.4) is 0 Å². The van der Waals surface area contributed by atoms with E-state index in [1.54, 1.807) is 18.2 Å². The van der Waals surface area contributed by atoms with Crippen molar-refractivity contribution in [2.75, 3.05) is 7.05 Å². The molecule has 0 saturated carbocycles. The fraction of sp³-hybridized carbons (Fsp3) is 0.118. The molecule has 0 radical (unpaired) electrons. The number of nitrogens with zero attached hydrogens (tertiary/aromatic N) is 1. The standard InChI is InChI=1S/C17H15FN2O/c1-19-11-12-10-17(20-15-8-4-2-6-13(12)15)21-16-9-5-3-7-14(16)18/h2-10,19H,11H2,1H3. The third-order valence-corrected chi connectivity index (χ3v) is 3.20. The van der Waals surface area contributed by atoms with Gasteiger partial charge in [0.05, 0.1) is 5.52 Å². The van der Waals surface area contributed by atoms with Crippen LogP contribution in [-0.2, 0) is 6.54 Å². The molecule has 0 spiro atoms. The maximum atomic E-state index is 13.7. The van der Waals surface area contributed by atoms with E-state index in [2.05, 4.69) is 10.3 Å². The lowest BCUT2D eigenvalue weighted by atomic mass is 10.1. The van der Waals surface area contributed by atoms with Gasteiger partial charge in [0.25, 0.3) is 0 Å². The largest absolute Gasteiger partial charge is 0.436 e. The number of ether oxygens (including phenoxy) is 1. The SMILES string of the molecule is CNCc1cc(Oc2ccccc2F)nc2ccccc12. The normalized spacial score (nSPS) is 10.8. The average Bonchev–Trinajstić information content (AvgIpc) is 2.50. The number of rotatable bonds is 4. The predicted octanol–water partition coefficient (Wildman–Crippen LogP) is 3.89. The van der Waals surface area contributed by atoms with Crippen LogP contribution in [0.15, 0.2) is 54.6 Å². The van der Waals surface area contributed by atoms with Gasteiger partial charge in [-0.05, 0) is 30.8 Å². The van der Waals surface area contributed by atoms with Gasteiger partial charge in [0.1, 0.15) is 0 Å². The second-order valence-electron chi connectivity index (χ2n) is 4.70. The Labute approximate surface area is 122 Å². The van der Waals surface area contributed by atoms with Gasteiger partial charge in [-0.2, -0.15) is 0 Å². The highest BCUT2D eigenvalue weighted by atomic mass is 19.1. The van der Waals surface area contributed by atoms with Crippen molar-refractivity contribution in [1.82, 2.24) is 10.3 Å². The van der Waals surface area contributed by atoms with E-state index in [-0.39, 0.29) is 5.75 Å². The molecule has 21 heavy (non-hydrogen) atoms. The summed E-state index contributed by atoms with van der Waals surface area (Å²) in [5.74, 6) is 0.169. The molecule has 0 atom stereocenters. The minimum Gasteiger partial charge on any atom is -0.436 e. The van der Waals surface area contributed by atoms with Crippen LogP contribution in [0.2, 0.25) is 0 Å². The molecule has 0 aliphatic heterocycles. The van der Waals surface area contributed by atoms with Crippen molar-refractivity contribution in [3.63, 3.8) is 0 Å². The minimum absolute atomic E-state index is 0.177. The summed E-state index contributed by atoms with van der Waals surface area (Å²) in [6.07, 6.45) is 0. The van der Waals surface area contributed by atoms with Crippen LogP contribution >= 0.6 is 0 Å². The molecule has 3 aromatic rings. The zero-order valence-electron chi connectivity index (χ0n) is 11.6. The summed E-state index contributed by atoms with van der Waals surface area (Å²) in [5, 5.41) is 4.18. The first-order valence-electron chi connectivity index (χ1n) is 6.73. The molecule has 4 heteroatoms. The molecule has 1 aromatic heterocycles. The molecular formula is C17H15FN2O. The van der Waals surface area contributed by atoms with Gasteiger partial charge < -0.3 is 10.1 Å². The average molecular weight is 282 g/mol. The number of benzene rings is 2. The van der Waals surface area contributed by atoms with E-state index >= 15 is 0 Å². The summed E-state index contributed by atoms with van der Waals surface area (Å²) in [7, 11) is 1.88. The van der Waals surface area contributed by atoms with Gasteiger partial charge in [0.15, 0.2) is 11.6 Å². The van der Waals surface area contributed by atoms with Gasteiger partial charge in [0.2, 0.25) is 5.88 Å². The molecule has 0 aliphatic carbocycles. The molecule has 1 heterocycles. The Morgan fingerprint density at radius 2 is 1.86 bits per heavy atom. The van der Waals surface area contributed by atoms with Gasteiger partial charge in [-0.3, -0.25) is 0 Å². The highest BCUT2D eigenvalue weighted by Crippen LogP contribution is 2.27. The molecule has 0 fully saturated rings. The van der Waals surface area contributed by atoms with Crippen LogP contribution in [0.1, 0.15) is 5.56 Å². The Morgan fingerprint density at radius 3 is 2.67 bits per heavy atom. The molecule has 0 aliphatic rings. The van der Waals surface area contributed by atoms with E-state index in [1.165, 1.54) is 6.07 Å². The second-order valence-corrected chi connectivity index (χ2v) is 4.70. The van der Waals surface area contributed by atoms with Crippen LogP contribution in [0.4, 0.5) is 4.39 Å². The van der Waals surface area contributed by atoms with Crippen molar-refractivity contribution in [2.24, 2.45) is 0 Å². The Hall–Kier alpha value is -2.46. The monoisotopic (exact) mass is 282 g/mol. The maximum Gasteiger partial charge on any atom is 0.220 e. The summed E-state index contributed by atoms with van der Waals surface area (Å²) >= 11 is 0. The number of hydrogen-bond donors (Lipinski definition) is 1. The summed E-state index contributed by atoms with van der Waals surface area (Å²) in [6, 6.07) is 16.0. The van der Waals surface area contributed by atoms with Crippen LogP contribution in [0, 0.1) is 5.82 Å². The van der Waals surface area contributed by atoms with Crippen molar-refractivity contribution in [2.45, 2.75) is 6.54 Å². The Kier molecular flexibility index (Phi) is 3.79. The third kappa shape index (κ3) is 2.85. The lowest BCUT2D eigenvalue weighted by Gasteiger charge is -2.10. The number of pyridine rings is 1. The summed E-state index contributed by atoms with van der Waals surface area (Å²) in [4.78, 5) is 4.44. The molecular weight excluding hydrogens is 267 g/mol. The molecule has 0 saturated heterocycles. The van der Waals surface area contributed by atoms with E-state index in [4.69, 9.17) is 4.74 Å². The van der Waals surface area contributed by atoms with Crippen molar-refractivity contribution in [1.29, 1.82) is 0 Å². The number of hydrogen-bond acceptors (Lipinski definition) is 3. The van der Waals surface area contributed by atoms with Crippen LogP contribution in [0.25, 0.3) is 10.9 Å². The molecule has 1 N–H and O–H groups in total. The number of para-hydroxylation sites is 2. The first-order valence-corrected chi connectivity index (χ1v) is 6.73. The quantitative estimate of drug-likeness (QED) is 0.788. The molecule has 0 unspecified atom stereocenters. The van der Waals surface area contributed by atoms with Crippen molar-refractivity contribution < 1.29 is 9.13 Å². The summed E-state index contributed by atoms with van der Waals surface area (Å²) in [6.45, 7) is 0.691. The molecule has 0 amide bonds. The van der Waals surface area contributed by atoms with Crippen molar-refractivity contribution in [3.8, 4) is 11.6 Å². The van der Waals surface area contributed by atoms with Gasteiger partial charge >= 0.3 is 0 Å². The lowest BCUT2D eigenvalue weighted by molar-refractivity contribution is 0.428. The fourth-order valence-electron chi connectivity index (χ4n) is 2.25. The van der Waals surface area contributed by atoms with E-state index in [0.717, 1.165) is 16.5 Å². The van der Waals surface area contributed by atoms with Crippen LogP contribution in [0.5, 0.6) is 11.6 Å². The second kappa shape index (κ2) is 5.89.